The van der Waals surface area contributed by atoms with Crippen molar-refractivity contribution >= 4 is 38.5 Å². The molecule has 0 aliphatic rings. The van der Waals surface area contributed by atoms with Gasteiger partial charge in [0.25, 0.3) is 6.43 Å². The average Bonchev–Trinajstić information content (AvgIpc) is 2.00. The van der Waals surface area contributed by atoms with E-state index in [9.17, 15) is 13.2 Å². The van der Waals surface area contributed by atoms with E-state index in [1.54, 1.807) is 22.6 Å². The van der Waals surface area contributed by atoms with Crippen molar-refractivity contribution < 1.29 is 13.2 Å². The minimum atomic E-state index is -2.56. The van der Waals surface area contributed by atoms with Gasteiger partial charge in [-0.05, 0) is 50.7 Å². The Morgan fingerprint density at radius 3 is 2.42 bits per heavy atom. The van der Waals surface area contributed by atoms with Gasteiger partial charge in [0.2, 0.25) is 0 Å². The number of alkyl halides is 2. The number of rotatable bonds is 1. The number of hydrogen-bond acceptors (Lipinski definition) is 0. The normalized spacial score (nSPS) is 10.8. The van der Waals surface area contributed by atoms with Crippen LogP contribution < -0.4 is 0 Å². The summed E-state index contributed by atoms with van der Waals surface area (Å²) in [5, 5.41) is 0. The lowest BCUT2D eigenvalue weighted by molar-refractivity contribution is 0.150. The molecule has 1 aromatic rings. The quantitative estimate of drug-likeness (QED) is 0.527. The molecule has 0 saturated heterocycles. The van der Waals surface area contributed by atoms with Gasteiger partial charge in [-0.15, -0.1) is 0 Å². The molecule has 0 unspecified atom stereocenters. The van der Waals surface area contributed by atoms with E-state index in [2.05, 4.69) is 15.9 Å². The SMILES string of the molecule is Fc1ccc(C(F)F)c(I)c1Br. The molecular formula is C7H3BrF3I. The largest absolute Gasteiger partial charge is 0.264 e. The molecule has 0 atom stereocenters. The Labute approximate surface area is 89.4 Å². The molecule has 0 saturated carbocycles. The zero-order valence-corrected chi connectivity index (χ0v) is 9.37. The highest BCUT2D eigenvalue weighted by Crippen LogP contribution is 2.31. The van der Waals surface area contributed by atoms with Crippen LogP contribution in [0.4, 0.5) is 13.2 Å². The molecule has 0 aromatic heterocycles. The first kappa shape index (κ1) is 10.3. The van der Waals surface area contributed by atoms with Crippen molar-refractivity contribution in [1.29, 1.82) is 0 Å². The first-order valence-corrected chi connectivity index (χ1v) is 4.82. The van der Waals surface area contributed by atoms with Gasteiger partial charge in [-0.2, -0.15) is 0 Å². The molecule has 5 heteroatoms. The van der Waals surface area contributed by atoms with Crippen LogP contribution >= 0.6 is 38.5 Å². The Morgan fingerprint density at radius 2 is 1.92 bits per heavy atom. The third kappa shape index (κ3) is 1.93. The van der Waals surface area contributed by atoms with Gasteiger partial charge in [0.1, 0.15) is 5.82 Å². The number of halogens is 5. The molecule has 0 radical (unpaired) electrons. The van der Waals surface area contributed by atoms with Gasteiger partial charge >= 0.3 is 0 Å². The van der Waals surface area contributed by atoms with Crippen molar-refractivity contribution in [2.24, 2.45) is 0 Å². The van der Waals surface area contributed by atoms with E-state index in [0.29, 0.717) is 0 Å². The fourth-order valence-corrected chi connectivity index (χ4v) is 1.74. The Morgan fingerprint density at radius 1 is 1.33 bits per heavy atom. The summed E-state index contributed by atoms with van der Waals surface area (Å²) in [4.78, 5) is 0. The fourth-order valence-electron chi connectivity index (χ4n) is 0.709. The third-order valence-corrected chi connectivity index (χ3v) is 3.98. The van der Waals surface area contributed by atoms with Crippen LogP contribution in [0.25, 0.3) is 0 Å². The molecule has 0 bridgehead atoms. The van der Waals surface area contributed by atoms with Crippen LogP contribution in [0.2, 0.25) is 0 Å². The number of hydrogen-bond donors (Lipinski definition) is 0. The van der Waals surface area contributed by atoms with Crippen molar-refractivity contribution in [2.75, 3.05) is 0 Å². The molecule has 1 aromatic carbocycles. The summed E-state index contributed by atoms with van der Waals surface area (Å²) in [5.74, 6) is -0.524. The summed E-state index contributed by atoms with van der Waals surface area (Å²) in [6.07, 6.45) is -2.56. The molecule has 0 amide bonds. The average molecular weight is 351 g/mol. The molecule has 66 valence electrons. The van der Waals surface area contributed by atoms with E-state index < -0.39 is 12.2 Å². The fraction of sp³-hybridized carbons (Fsp3) is 0.143. The highest BCUT2D eigenvalue weighted by Gasteiger charge is 2.15. The topological polar surface area (TPSA) is 0 Å². The van der Waals surface area contributed by atoms with E-state index in [1.165, 1.54) is 0 Å². The van der Waals surface area contributed by atoms with E-state index in [4.69, 9.17) is 0 Å². The predicted molar refractivity (Wildman–Crippen MR) is 51.8 cm³/mol. The maximum Gasteiger partial charge on any atom is 0.264 e. The van der Waals surface area contributed by atoms with Crippen molar-refractivity contribution in [1.82, 2.24) is 0 Å². The number of benzene rings is 1. The summed E-state index contributed by atoms with van der Waals surface area (Å²) in [6.45, 7) is 0. The van der Waals surface area contributed by atoms with E-state index in [0.717, 1.165) is 12.1 Å². The molecule has 0 fully saturated rings. The molecule has 0 N–H and O–H groups in total. The summed E-state index contributed by atoms with van der Waals surface area (Å²) in [7, 11) is 0. The lowest BCUT2D eigenvalue weighted by atomic mass is 10.2. The standard InChI is InChI=1S/C7H3BrF3I/c8-5-4(9)2-1-3(6(5)12)7(10)11/h1-2,7H. The van der Waals surface area contributed by atoms with Crippen LogP contribution in [0.1, 0.15) is 12.0 Å². The molecule has 1 rings (SSSR count). The molecular weight excluding hydrogens is 348 g/mol. The second-order valence-corrected chi connectivity index (χ2v) is 3.94. The Bertz CT molecular complexity index is 301. The highest BCUT2D eigenvalue weighted by molar-refractivity contribution is 14.1. The van der Waals surface area contributed by atoms with Gasteiger partial charge in [-0.3, -0.25) is 0 Å². The molecule has 12 heavy (non-hydrogen) atoms. The first-order chi connectivity index (χ1) is 5.54. The minimum Gasteiger partial charge on any atom is -0.206 e. The lowest BCUT2D eigenvalue weighted by Gasteiger charge is -2.04. The molecule has 0 nitrogen and oxygen atoms in total. The summed E-state index contributed by atoms with van der Waals surface area (Å²) in [5.41, 5.74) is -0.149. The van der Waals surface area contributed by atoms with Gasteiger partial charge in [-0.25, -0.2) is 13.2 Å². The maximum atomic E-state index is 12.7. The van der Waals surface area contributed by atoms with E-state index in [1.807, 2.05) is 0 Å². The van der Waals surface area contributed by atoms with Crippen LogP contribution in [-0.4, -0.2) is 0 Å². The monoisotopic (exact) mass is 350 g/mol. The first-order valence-electron chi connectivity index (χ1n) is 2.95. The molecule has 0 aliphatic carbocycles. The predicted octanol–water partition coefficient (Wildman–Crippen LogP) is 4.13. The van der Waals surface area contributed by atoms with Gasteiger partial charge < -0.3 is 0 Å². The van der Waals surface area contributed by atoms with Crippen LogP contribution in [0, 0.1) is 9.39 Å². The Balaban J connectivity index is 3.27. The van der Waals surface area contributed by atoms with Crippen LogP contribution in [0.5, 0.6) is 0 Å². The summed E-state index contributed by atoms with van der Waals surface area (Å²) in [6, 6.07) is 2.11. The van der Waals surface area contributed by atoms with E-state index in [-0.39, 0.29) is 13.6 Å². The van der Waals surface area contributed by atoms with Crippen LogP contribution in [0.3, 0.4) is 0 Å². The minimum absolute atomic E-state index is 0.0981. The van der Waals surface area contributed by atoms with Crippen molar-refractivity contribution in [2.45, 2.75) is 6.43 Å². The van der Waals surface area contributed by atoms with Crippen molar-refractivity contribution in [3.05, 3.63) is 31.6 Å². The maximum absolute atomic E-state index is 12.7. The molecule has 0 spiro atoms. The summed E-state index contributed by atoms with van der Waals surface area (Å²) >= 11 is 4.56. The van der Waals surface area contributed by atoms with E-state index >= 15 is 0 Å². The zero-order valence-electron chi connectivity index (χ0n) is 5.62. The van der Waals surface area contributed by atoms with Crippen LogP contribution in [0.15, 0.2) is 16.6 Å². The van der Waals surface area contributed by atoms with Crippen molar-refractivity contribution in [3.8, 4) is 0 Å². The van der Waals surface area contributed by atoms with Crippen LogP contribution in [-0.2, 0) is 0 Å². The van der Waals surface area contributed by atoms with Gasteiger partial charge in [0.05, 0.1) is 4.47 Å². The van der Waals surface area contributed by atoms with Gasteiger partial charge in [-0.1, -0.05) is 0 Å². The second-order valence-electron chi connectivity index (χ2n) is 2.07. The zero-order chi connectivity index (χ0) is 9.30. The van der Waals surface area contributed by atoms with Crippen molar-refractivity contribution in [3.63, 3.8) is 0 Å². The Hall–Kier alpha value is 0.220. The lowest BCUT2D eigenvalue weighted by Crippen LogP contribution is -1.92. The molecule has 0 aliphatic heterocycles. The molecule has 0 heterocycles. The second kappa shape index (κ2) is 3.95. The highest BCUT2D eigenvalue weighted by atomic mass is 127. The third-order valence-electron chi connectivity index (χ3n) is 1.30. The van der Waals surface area contributed by atoms with Gasteiger partial charge in [0.15, 0.2) is 0 Å². The van der Waals surface area contributed by atoms with Gasteiger partial charge in [0, 0.05) is 9.13 Å². The smallest absolute Gasteiger partial charge is 0.206 e. The summed E-state index contributed by atoms with van der Waals surface area (Å²) < 4.78 is 37.4. The Kier molecular flexibility index (Phi) is 3.39.